The van der Waals surface area contributed by atoms with E-state index < -0.39 is 36.9 Å². The van der Waals surface area contributed by atoms with Gasteiger partial charge in [0.2, 0.25) is 11.8 Å². The molecule has 10 heteroatoms. The van der Waals surface area contributed by atoms with Crippen LogP contribution in [0.5, 0.6) is 5.75 Å². The molecule has 1 fully saturated rings. The number of carbonyl (C=O) groups excluding carboxylic acids is 2. The summed E-state index contributed by atoms with van der Waals surface area (Å²) in [4.78, 5) is 28.5. The summed E-state index contributed by atoms with van der Waals surface area (Å²) in [5.74, 6) is -2.85. The SMILES string of the molecule is CCCC1=C([C@H](O)CC/C(=C/c2cc(Br)ccc2O)CCC)[C@H](CO)[C@@H]2C(=O)N(c3cccc(B(O)O)c3)C(=O)[C@@H]2C1. The summed E-state index contributed by atoms with van der Waals surface area (Å²) in [7, 11) is -1.75. The molecule has 1 aliphatic carbocycles. The molecule has 0 bridgehead atoms. The standard InChI is InChI=1S/C32H39BBrNO7/c1-3-6-19(14-21-15-23(34)11-13-27(21)37)10-12-28(38)29-20(7-4-2)16-25-30(26(29)18-36)32(40)35(31(25)39)24-9-5-8-22(17-24)33(41)42/h5,8-9,11,13-15,17,25-26,28,30,36-38,41-42H,3-4,6-7,10,12,16,18H2,1-2H3/b19-14+/t25-,26+,28-,30-/m1/s1. The Balaban J connectivity index is 1.62. The monoisotopic (exact) mass is 639 g/mol. The number of halogens is 1. The highest BCUT2D eigenvalue weighted by Gasteiger charge is 2.55. The van der Waals surface area contributed by atoms with Crippen molar-refractivity contribution in [2.45, 2.75) is 64.9 Å². The van der Waals surface area contributed by atoms with Crippen molar-refractivity contribution < 1.29 is 35.0 Å². The zero-order chi connectivity index (χ0) is 30.6. The van der Waals surface area contributed by atoms with E-state index in [0.29, 0.717) is 36.8 Å². The second-order valence-electron chi connectivity index (χ2n) is 11.2. The fourth-order valence-electron chi connectivity index (χ4n) is 6.51. The minimum atomic E-state index is -1.75. The van der Waals surface area contributed by atoms with Crippen LogP contribution < -0.4 is 10.4 Å². The largest absolute Gasteiger partial charge is 0.507 e. The van der Waals surface area contributed by atoms with Gasteiger partial charge in [-0.25, -0.2) is 0 Å². The number of hydrogen-bond donors (Lipinski definition) is 5. The van der Waals surface area contributed by atoms with Gasteiger partial charge in [0.1, 0.15) is 5.75 Å². The predicted molar refractivity (Wildman–Crippen MR) is 167 cm³/mol. The van der Waals surface area contributed by atoms with Crippen molar-refractivity contribution >= 4 is 52.1 Å². The maximum atomic E-state index is 13.8. The Bertz CT molecular complexity index is 1370. The zero-order valence-corrected chi connectivity index (χ0v) is 25.6. The van der Waals surface area contributed by atoms with Gasteiger partial charge >= 0.3 is 7.12 Å². The van der Waals surface area contributed by atoms with Crippen LogP contribution in [-0.4, -0.2) is 57.0 Å². The number of fused-ring (bicyclic) bond motifs is 1. The number of benzene rings is 2. The number of nitrogens with zero attached hydrogens (tertiary/aromatic N) is 1. The predicted octanol–water partition coefficient (Wildman–Crippen LogP) is 4.07. The van der Waals surface area contributed by atoms with E-state index >= 15 is 0 Å². The number of allylic oxidation sites excluding steroid dienone is 2. The Kier molecular flexibility index (Phi) is 10.8. The molecule has 0 radical (unpaired) electrons. The van der Waals surface area contributed by atoms with Crippen molar-refractivity contribution in [1.82, 2.24) is 0 Å². The van der Waals surface area contributed by atoms with Gasteiger partial charge in [-0.3, -0.25) is 14.5 Å². The lowest BCUT2D eigenvalue weighted by Gasteiger charge is -2.36. The smallest absolute Gasteiger partial charge is 0.488 e. The van der Waals surface area contributed by atoms with Crippen molar-refractivity contribution in [1.29, 1.82) is 0 Å². The summed E-state index contributed by atoms with van der Waals surface area (Å²) >= 11 is 3.45. The van der Waals surface area contributed by atoms with Crippen LogP contribution in [0.4, 0.5) is 5.69 Å². The molecule has 2 amide bonds. The topological polar surface area (TPSA) is 139 Å². The minimum absolute atomic E-state index is 0.162. The number of imide groups is 1. The van der Waals surface area contributed by atoms with Crippen LogP contribution in [0.25, 0.3) is 6.08 Å². The summed E-state index contributed by atoms with van der Waals surface area (Å²) in [6.45, 7) is 3.71. The van der Waals surface area contributed by atoms with Gasteiger partial charge in [0.25, 0.3) is 0 Å². The molecule has 0 aromatic heterocycles. The Labute approximate surface area is 255 Å². The summed E-state index contributed by atoms with van der Waals surface area (Å²) in [6.07, 6.45) is 5.41. The zero-order valence-electron chi connectivity index (χ0n) is 24.0. The molecule has 4 atom stereocenters. The maximum Gasteiger partial charge on any atom is 0.488 e. The quantitative estimate of drug-likeness (QED) is 0.134. The van der Waals surface area contributed by atoms with Gasteiger partial charge in [0, 0.05) is 16.0 Å². The number of phenols is 1. The van der Waals surface area contributed by atoms with E-state index in [1.54, 1.807) is 24.3 Å². The van der Waals surface area contributed by atoms with Crippen LogP contribution in [0, 0.1) is 17.8 Å². The molecule has 0 unspecified atom stereocenters. The van der Waals surface area contributed by atoms with Crippen LogP contribution in [0.3, 0.4) is 0 Å². The Morgan fingerprint density at radius 3 is 2.52 bits per heavy atom. The molecule has 2 aromatic rings. The lowest BCUT2D eigenvalue weighted by Crippen LogP contribution is -2.39. The third-order valence-corrected chi connectivity index (χ3v) is 8.87. The first-order valence-corrected chi connectivity index (χ1v) is 15.4. The van der Waals surface area contributed by atoms with Gasteiger partial charge in [-0.15, -0.1) is 0 Å². The van der Waals surface area contributed by atoms with Crippen LogP contribution in [-0.2, 0) is 9.59 Å². The lowest BCUT2D eigenvalue weighted by molar-refractivity contribution is -0.123. The number of amides is 2. The number of anilines is 1. The number of rotatable bonds is 12. The molecule has 0 spiro atoms. The summed E-state index contributed by atoms with van der Waals surface area (Å²) < 4.78 is 0.850. The van der Waals surface area contributed by atoms with Crippen molar-refractivity contribution in [3.05, 3.63) is 69.2 Å². The summed E-state index contributed by atoms with van der Waals surface area (Å²) in [5.41, 5.74) is 3.75. The van der Waals surface area contributed by atoms with Gasteiger partial charge in [0.05, 0.1) is 30.2 Å². The third-order valence-electron chi connectivity index (χ3n) is 8.38. The molecule has 1 saturated heterocycles. The molecule has 8 nitrogen and oxygen atoms in total. The van der Waals surface area contributed by atoms with E-state index in [9.17, 15) is 35.0 Å². The van der Waals surface area contributed by atoms with Crippen LogP contribution in [0.2, 0.25) is 0 Å². The van der Waals surface area contributed by atoms with Gasteiger partial charge < -0.3 is 25.4 Å². The molecular weight excluding hydrogens is 601 g/mol. The van der Waals surface area contributed by atoms with E-state index in [0.717, 1.165) is 39.8 Å². The lowest BCUT2D eigenvalue weighted by atomic mass is 9.67. The van der Waals surface area contributed by atoms with Gasteiger partial charge in [-0.2, -0.15) is 0 Å². The number of carbonyl (C=O) groups is 2. The van der Waals surface area contributed by atoms with Crippen LogP contribution in [0.1, 0.15) is 64.4 Å². The van der Waals surface area contributed by atoms with E-state index in [-0.39, 0.29) is 29.4 Å². The average molecular weight is 640 g/mol. The third kappa shape index (κ3) is 6.73. The second kappa shape index (κ2) is 14.1. The Hall–Kier alpha value is -2.76. The van der Waals surface area contributed by atoms with Crippen molar-refractivity contribution in [2.75, 3.05) is 11.5 Å². The average Bonchev–Trinajstić information content (AvgIpc) is 3.21. The normalized spacial score (nSPS) is 21.6. The molecule has 2 aliphatic rings. The highest BCUT2D eigenvalue weighted by molar-refractivity contribution is 9.10. The number of aromatic hydroxyl groups is 1. The first kappa shape index (κ1) is 32.2. The molecule has 42 heavy (non-hydrogen) atoms. The fourth-order valence-corrected chi connectivity index (χ4v) is 6.88. The fraction of sp³-hybridized carbons (Fsp3) is 0.438. The van der Waals surface area contributed by atoms with E-state index in [2.05, 4.69) is 22.9 Å². The molecule has 4 rings (SSSR count). The van der Waals surface area contributed by atoms with Crippen molar-refractivity contribution in [2.24, 2.45) is 17.8 Å². The minimum Gasteiger partial charge on any atom is -0.507 e. The van der Waals surface area contributed by atoms with E-state index in [4.69, 9.17) is 0 Å². The Morgan fingerprint density at radius 2 is 1.86 bits per heavy atom. The van der Waals surface area contributed by atoms with Crippen molar-refractivity contribution in [3.63, 3.8) is 0 Å². The number of hydrogen-bond acceptors (Lipinski definition) is 7. The Morgan fingerprint density at radius 1 is 1.10 bits per heavy atom. The highest BCUT2D eigenvalue weighted by Crippen LogP contribution is 2.48. The summed E-state index contributed by atoms with van der Waals surface area (Å²) in [6, 6.07) is 11.3. The van der Waals surface area contributed by atoms with Gasteiger partial charge in [-0.05, 0) is 73.5 Å². The molecular formula is C32H39BBrNO7. The first-order chi connectivity index (χ1) is 20.1. The van der Waals surface area contributed by atoms with Crippen LogP contribution >= 0.6 is 15.9 Å². The van der Waals surface area contributed by atoms with Crippen LogP contribution in [0.15, 0.2) is 63.7 Å². The maximum absolute atomic E-state index is 13.8. The number of phenolic OH excluding ortho intramolecular Hbond substituents is 1. The molecule has 5 N–H and O–H groups in total. The molecule has 1 aliphatic heterocycles. The highest BCUT2D eigenvalue weighted by atomic mass is 79.9. The molecule has 0 saturated carbocycles. The first-order valence-electron chi connectivity index (χ1n) is 14.6. The van der Waals surface area contributed by atoms with Gasteiger partial charge in [-0.1, -0.05) is 72.0 Å². The molecule has 2 aromatic carbocycles. The molecule has 224 valence electrons. The second-order valence-corrected chi connectivity index (χ2v) is 12.1. The van der Waals surface area contributed by atoms with Crippen molar-refractivity contribution in [3.8, 4) is 5.75 Å². The number of aliphatic hydroxyl groups excluding tert-OH is 2. The summed E-state index contributed by atoms with van der Waals surface area (Å²) in [5, 5.41) is 51.7. The van der Waals surface area contributed by atoms with Gasteiger partial charge in [0.15, 0.2) is 0 Å². The van der Waals surface area contributed by atoms with E-state index in [1.807, 2.05) is 19.1 Å². The molecule has 1 heterocycles. The number of aliphatic hydroxyl groups is 2. The van der Waals surface area contributed by atoms with E-state index in [1.165, 1.54) is 12.1 Å².